The molecule has 0 aliphatic rings. The number of Topliss-reactive ketones (excluding diaryl/α,β-unsaturated/α-hetero) is 2. The van der Waals surface area contributed by atoms with Gasteiger partial charge in [-0.3, -0.25) is 24.2 Å². The number of guanidine groups is 1. The molecule has 0 aliphatic heterocycles. The van der Waals surface area contributed by atoms with E-state index in [0.717, 1.165) is 0 Å². The normalized spacial score (nSPS) is 17.1. The fraction of sp³-hybridized carbons (Fsp3) is 0.500. The number of benzene rings is 2. The van der Waals surface area contributed by atoms with Crippen molar-refractivity contribution in [1.29, 1.82) is 0 Å². The SMILES string of the molecule is [2H]c1c([2H])c([2H])c(C[C@H](CC(=O)[C@H](CC([2H])([2H])C([2H])([2H])CN)NC(=O)[C@@H](CC(=O)[C@H](N)CCCN=C(N)N)Cc2c(C)cc(O)cc2C)C(N)=O)c([2H])c1[2H]. The van der Waals surface area contributed by atoms with Crippen molar-refractivity contribution in [3.05, 3.63) is 64.6 Å². The Morgan fingerprint density at radius 2 is 1.57 bits per heavy atom. The van der Waals surface area contributed by atoms with Gasteiger partial charge in [0.25, 0.3) is 0 Å². The second-order valence-corrected chi connectivity index (χ2v) is 11.1. The molecule has 0 saturated carbocycles. The Bertz CT molecular complexity index is 1740. The number of nitrogens with two attached hydrogens (primary N) is 5. The number of carbonyl (C=O) groups is 4. The first-order valence-electron chi connectivity index (χ1n) is 19.4. The summed E-state index contributed by atoms with van der Waals surface area (Å²) in [7, 11) is 0. The van der Waals surface area contributed by atoms with Crippen LogP contribution in [0.15, 0.2) is 47.3 Å². The minimum absolute atomic E-state index is 0.0340. The minimum atomic E-state index is -2.84. The van der Waals surface area contributed by atoms with E-state index in [1.807, 2.05) is 0 Å². The minimum Gasteiger partial charge on any atom is -0.508 e. The number of ketones is 2. The molecular weight excluding hydrogens is 586 g/mol. The molecule has 2 rings (SSSR count). The molecule has 0 aromatic heterocycles. The van der Waals surface area contributed by atoms with Crippen molar-refractivity contribution in [2.45, 2.75) is 83.6 Å². The van der Waals surface area contributed by atoms with Gasteiger partial charge in [0.2, 0.25) is 11.8 Å². The number of hydrogen-bond donors (Lipinski definition) is 7. The van der Waals surface area contributed by atoms with Gasteiger partial charge in [0, 0.05) is 36.7 Å². The van der Waals surface area contributed by atoms with Crippen LogP contribution < -0.4 is 34.0 Å². The van der Waals surface area contributed by atoms with Crippen molar-refractivity contribution in [3.63, 3.8) is 0 Å². The molecule has 12 heteroatoms. The van der Waals surface area contributed by atoms with E-state index in [-0.39, 0.29) is 36.7 Å². The van der Waals surface area contributed by atoms with Gasteiger partial charge in [-0.25, -0.2) is 0 Å². The molecule has 46 heavy (non-hydrogen) atoms. The summed E-state index contributed by atoms with van der Waals surface area (Å²) in [5, 5.41) is 12.6. The van der Waals surface area contributed by atoms with Crippen LogP contribution >= 0.6 is 0 Å². The maximum absolute atomic E-state index is 14.2. The molecule has 2 aromatic carbocycles. The van der Waals surface area contributed by atoms with E-state index in [1.54, 1.807) is 13.8 Å². The third-order valence-electron chi connectivity index (χ3n) is 7.42. The molecule has 2 aromatic rings. The molecule has 0 bridgehead atoms. The van der Waals surface area contributed by atoms with Crippen LogP contribution in [0.25, 0.3) is 0 Å². The molecule has 4 atom stereocenters. The standard InChI is InChI=1S/C34H51N7O5/c1-21-15-26(42)16-22(2)27(21)18-25(20-30(43)28(36)11-8-14-40-34(38)39)33(46)41-29(12-6-7-13-35)31(44)19-24(32(37)45)17-23-9-4-3-5-10-23/h3-5,9-10,15-16,24-25,28-29,42H,6-8,11-14,17-20,35-36H2,1-2H3,(H2,37,45)(H,41,46)(H4,38,39,40)/t24-,25-,28-,29+/m1/s1/i3D,4D,5D,6D2,7D2,9D,10D. The van der Waals surface area contributed by atoms with E-state index in [4.69, 9.17) is 41.0 Å². The molecule has 0 radical (unpaired) electrons. The summed E-state index contributed by atoms with van der Waals surface area (Å²) in [6.07, 6.45) is -7.90. The molecule has 2 amide bonds. The van der Waals surface area contributed by atoms with Crippen LogP contribution in [0.1, 0.15) is 79.4 Å². The van der Waals surface area contributed by atoms with Crippen LogP contribution in [-0.4, -0.2) is 59.6 Å². The van der Waals surface area contributed by atoms with Gasteiger partial charge in [0.15, 0.2) is 11.7 Å². The fourth-order valence-corrected chi connectivity index (χ4v) is 4.94. The lowest BCUT2D eigenvalue weighted by Crippen LogP contribution is -2.46. The van der Waals surface area contributed by atoms with Crippen molar-refractivity contribution in [2.75, 3.05) is 13.1 Å². The zero-order valence-electron chi connectivity index (χ0n) is 35.2. The van der Waals surface area contributed by atoms with Crippen LogP contribution in [0.4, 0.5) is 0 Å². The molecule has 252 valence electrons. The van der Waals surface area contributed by atoms with Crippen molar-refractivity contribution in [1.82, 2.24) is 5.32 Å². The topological polar surface area (TPSA) is 243 Å². The predicted molar refractivity (Wildman–Crippen MR) is 180 cm³/mol. The summed E-state index contributed by atoms with van der Waals surface area (Å²) in [5.74, 6) is -6.40. The van der Waals surface area contributed by atoms with E-state index < -0.39 is 122 Å². The number of rotatable bonds is 21. The zero-order chi connectivity index (χ0) is 42.2. The number of amides is 2. The van der Waals surface area contributed by atoms with Gasteiger partial charge >= 0.3 is 0 Å². The second kappa shape index (κ2) is 19.3. The van der Waals surface area contributed by atoms with Gasteiger partial charge in [0.05, 0.1) is 18.9 Å². The number of nitrogens with one attached hydrogen (secondary N) is 1. The number of carbonyl (C=O) groups excluding carboxylic acids is 4. The lowest BCUT2D eigenvalue weighted by atomic mass is 9.86. The van der Waals surface area contributed by atoms with Gasteiger partial charge in [-0.15, -0.1) is 0 Å². The molecule has 0 spiro atoms. The lowest BCUT2D eigenvalue weighted by Gasteiger charge is -2.25. The largest absolute Gasteiger partial charge is 0.508 e. The Labute approximate surface area is 284 Å². The molecule has 12 N–H and O–H groups in total. The maximum atomic E-state index is 14.2. The van der Waals surface area contributed by atoms with Gasteiger partial charge < -0.3 is 39.1 Å². The number of phenols is 1. The van der Waals surface area contributed by atoms with Gasteiger partial charge in [-0.2, -0.15) is 0 Å². The number of aryl methyl sites for hydroxylation is 2. The van der Waals surface area contributed by atoms with Gasteiger partial charge in [-0.05, 0) is 99.6 Å². The number of phenolic OH excluding ortho intramolecular Hbond substituents is 1. The summed E-state index contributed by atoms with van der Waals surface area (Å²) in [6.45, 7) is 2.77. The van der Waals surface area contributed by atoms with Crippen LogP contribution in [0.5, 0.6) is 5.75 Å². The Kier molecular flexibility index (Phi) is 10.8. The molecule has 0 fully saturated rings. The highest BCUT2D eigenvalue weighted by atomic mass is 16.3. The summed E-state index contributed by atoms with van der Waals surface area (Å²) in [5.41, 5.74) is 29.4. The van der Waals surface area contributed by atoms with Crippen molar-refractivity contribution >= 4 is 29.3 Å². The summed E-state index contributed by atoms with van der Waals surface area (Å²) >= 11 is 0. The summed E-state index contributed by atoms with van der Waals surface area (Å²) in [4.78, 5) is 58.1. The molecular formula is C34H51N7O5. The number of aromatic hydroxyl groups is 1. The third-order valence-corrected chi connectivity index (χ3v) is 7.42. The van der Waals surface area contributed by atoms with Crippen molar-refractivity contribution in [2.24, 2.45) is 45.5 Å². The van der Waals surface area contributed by atoms with E-state index in [2.05, 4.69) is 10.3 Å². The Hall–Kier alpha value is -4.29. The predicted octanol–water partition coefficient (Wildman–Crippen LogP) is 1.43. The maximum Gasteiger partial charge on any atom is 0.224 e. The average molecular weight is 647 g/mol. The van der Waals surface area contributed by atoms with E-state index in [0.29, 0.717) is 23.1 Å². The van der Waals surface area contributed by atoms with Crippen molar-refractivity contribution in [3.8, 4) is 5.75 Å². The van der Waals surface area contributed by atoms with Crippen LogP contribution in [0.2, 0.25) is 0 Å². The number of primary amides is 1. The smallest absolute Gasteiger partial charge is 0.224 e. The second-order valence-electron chi connectivity index (χ2n) is 11.1. The molecule has 0 aliphatic carbocycles. The van der Waals surface area contributed by atoms with Gasteiger partial charge in [-0.1, -0.05) is 30.2 Å². The molecule has 12 nitrogen and oxygen atoms in total. The summed E-state index contributed by atoms with van der Waals surface area (Å²) in [6, 6.07) is -3.21. The highest BCUT2D eigenvalue weighted by Gasteiger charge is 2.31. The monoisotopic (exact) mass is 646 g/mol. The quantitative estimate of drug-likeness (QED) is 0.0588. The molecule has 0 saturated heterocycles. The van der Waals surface area contributed by atoms with Gasteiger partial charge in [0.1, 0.15) is 11.5 Å². The van der Waals surface area contributed by atoms with Crippen LogP contribution in [0, 0.1) is 25.7 Å². The lowest BCUT2D eigenvalue weighted by molar-refractivity contribution is -0.133. The van der Waals surface area contributed by atoms with E-state index in [9.17, 15) is 24.3 Å². The fourth-order valence-electron chi connectivity index (χ4n) is 4.94. The van der Waals surface area contributed by atoms with Crippen LogP contribution in [-0.2, 0) is 32.0 Å². The molecule has 0 heterocycles. The van der Waals surface area contributed by atoms with E-state index in [1.165, 1.54) is 12.1 Å². The number of aliphatic imine (C=N–C) groups is 1. The first-order valence-corrected chi connectivity index (χ1v) is 14.9. The number of nitrogens with zero attached hydrogens (tertiary/aromatic N) is 1. The first kappa shape index (κ1) is 25.9. The highest BCUT2D eigenvalue weighted by molar-refractivity contribution is 5.94. The van der Waals surface area contributed by atoms with Crippen molar-refractivity contribution < 1.29 is 36.6 Å². The Morgan fingerprint density at radius 3 is 2.15 bits per heavy atom. The molecule has 0 unspecified atom stereocenters. The van der Waals surface area contributed by atoms with Crippen LogP contribution in [0.3, 0.4) is 0 Å². The first-order chi connectivity index (χ1) is 25.3. The van der Waals surface area contributed by atoms with E-state index >= 15 is 0 Å². The summed E-state index contributed by atoms with van der Waals surface area (Å²) < 4.78 is 73.5. The zero-order valence-corrected chi connectivity index (χ0v) is 26.2. The number of hydrogen-bond acceptors (Lipinski definition) is 8. The third kappa shape index (κ3) is 13.0. The average Bonchev–Trinajstić information content (AvgIpc) is 3.09. The highest BCUT2D eigenvalue weighted by Crippen LogP contribution is 2.26. The Balaban J connectivity index is 2.57. The Morgan fingerprint density at radius 1 is 0.935 bits per heavy atom.